The van der Waals surface area contributed by atoms with Gasteiger partial charge in [0.05, 0.1) is 24.1 Å². The average Bonchev–Trinajstić information content (AvgIpc) is 3.37. The fraction of sp³-hybridized carbons (Fsp3) is 0.429. The molecule has 0 radical (unpaired) electrons. The van der Waals surface area contributed by atoms with E-state index in [0.29, 0.717) is 43.2 Å². The van der Waals surface area contributed by atoms with Crippen LogP contribution >= 0.6 is 0 Å². The smallest absolute Gasteiger partial charge is 0.480 e. The van der Waals surface area contributed by atoms with Crippen LogP contribution in [0.4, 0.5) is 19.1 Å². The first-order chi connectivity index (χ1) is 15.8. The van der Waals surface area contributed by atoms with Crippen LogP contribution in [0.1, 0.15) is 25.7 Å². The number of nitrogens with zero attached hydrogens (tertiary/aromatic N) is 5. The highest BCUT2D eigenvalue weighted by Gasteiger charge is 2.35. The normalized spacial score (nSPS) is 19.3. The molecule has 3 heterocycles. The van der Waals surface area contributed by atoms with Crippen molar-refractivity contribution in [3.63, 3.8) is 0 Å². The van der Waals surface area contributed by atoms with Crippen LogP contribution in [0.5, 0.6) is 5.88 Å². The molecule has 0 spiro atoms. The predicted octanol–water partition coefficient (Wildman–Crippen LogP) is 4.17. The van der Waals surface area contributed by atoms with E-state index < -0.39 is 12.5 Å². The number of rotatable bonds is 5. The number of aryl methyl sites for hydroxylation is 1. The van der Waals surface area contributed by atoms with Crippen molar-refractivity contribution >= 4 is 28.0 Å². The van der Waals surface area contributed by atoms with E-state index in [9.17, 15) is 13.2 Å². The van der Waals surface area contributed by atoms with Gasteiger partial charge in [-0.05, 0) is 43.4 Å². The van der Waals surface area contributed by atoms with E-state index in [1.54, 1.807) is 4.68 Å². The third kappa shape index (κ3) is 4.30. The highest BCUT2D eigenvalue weighted by molar-refractivity contribution is 5.99. The van der Waals surface area contributed by atoms with Gasteiger partial charge in [-0.2, -0.15) is 9.97 Å². The number of hydrogen-bond donors (Lipinski definition) is 2. The molecular weight excluding hydrogens is 439 g/mol. The summed E-state index contributed by atoms with van der Waals surface area (Å²) < 4.78 is 48.7. The van der Waals surface area contributed by atoms with Gasteiger partial charge in [0.1, 0.15) is 11.2 Å². The second kappa shape index (κ2) is 8.18. The van der Waals surface area contributed by atoms with Crippen molar-refractivity contribution in [2.45, 2.75) is 44.2 Å². The molecule has 0 aliphatic heterocycles. The summed E-state index contributed by atoms with van der Waals surface area (Å²) in [7, 11) is 3.37. The van der Waals surface area contributed by atoms with Crippen LogP contribution < -0.4 is 10.1 Å². The Morgan fingerprint density at radius 3 is 2.67 bits per heavy atom. The molecular formula is C21H22F3N7O2. The molecule has 33 heavy (non-hydrogen) atoms. The van der Waals surface area contributed by atoms with Crippen molar-refractivity contribution in [3.05, 3.63) is 24.4 Å². The Kier molecular flexibility index (Phi) is 5.31. The number of ether oxygens (including phenoxy) is 2. The van der Waals surface area contributed by atoms with E-state index in [1.165, 1.54) is 7.11 Å². The summed E-state index contributed by atoms with van der Waals surface area (Å²) in [5, 5.41) is 12.1. The molecule has 0 bridgehead atoms. The predicted molar refractivity (Wildman–Crippen MR) is 115 cm³/mol. The lowest BCUT2D eigenvalue weighted by atomic mass is 9.93. The van der Waals surface area contributed by atoms with Crippen molar-refractivity contribution in [2.24, 2.45) is 7.05 Å². The number of halogens is 3. The zero-order valence-corrected chi connectivity index (χ0v) is 18.0. The third-order valence-corrected chi connectivity index (χ3v) is 5.92. The topological polar surface area (TPSA) is 103 Å². The fourth-order valence-corrected chi connectivity index (χ4v) is 4.33. The SMILES string of the molecule is COc1nc(NC2CCC(OC(F)(F)F)CC2)nc2[nH]cc(-c3ccc4nnn(C)c4c3)c12. The number of aromatic amines is 1. The minimum atomic E-state index is -4.60. The van der Waals surface area contributed by atoms with Crippen LogP contribution in [0.2, 0.25) is 0 Å². The number of H-pyrrole nitrogens is 1. The van der Waals surface area contributed by atoms with Crippen molar-refractivity contribution in [2.75, 3.05) is 12.4 Å². The summed E-state index contributed by atoms with van der Waals surface area (Å²) in [5.41, 5.74) is 4.10. The van der Waals surface area contributed by atoms with E-state index in [2.05, 4.69) is 35.3 Å². The molecule has 0 atom stereocenters. The Labute approximate surface area is 186 Å². The molecule has 174 valence electrons. The van der Waals surface area contributed by atoms with E-state index in [-0.39, 0.29) is 6.04 Å². The molecule has 1 aliphatic carbocycles. The van der Waals surface area contributed by atoms with Crippen LogP contribution in [0.25, 0.3) is 33.2 Å². The number of alkyl halides is 3. The monoisotopic (exact) mass is 461 g/mol. The molecule has 4 aromatic rings. The summed E-state index contributed by atoms with van der Waals surface area (Å²) in [5.74, 6) is 0.760. The van der Waals surface area contributed by atoms with Gasteiger partial charge in [-0.1, -0.05) is 11.3 Å². The molecule has 1 fully saturated rings. The Bertz CT molecular complexity index is 1290. The first-order valence-corrected chi connectivity index (χ1v) is 10.5. The highest BCUT2D eigenvalue weighted by atomic mass is 19.4. The Hall–Kier alpha value is -3.41. The van der Waals surface area contributed by atoms with Crippen molar-refractivity contribution in [3.8, 4) is 17.0 Å². The minimum absolute atomic E-state index is 0.0468. The number of nitrogens with one attached hydrogen (secondary N) is 2. The maximum atomic E-state index is 12.4. The lowest BCUT2D eigenvalue weighted by Gasteiger charge is -2.29. The molecule has 1 saturated carbocycles. The van der Waals surface area contributed by atoms with Crippen molar-refractivity contribution in [1.82, 2.24) is 29.9 Å². The first-order valence-electron chi connectivity index (χ1n) is 10.5. The Morgan fingerprint density at radius 1 is 1.15 bits per heavy atom. The third-order valence-electron chi connectivity index (χ3n) is 5.92. The summed E-state index contributed by atoms with van der Waals surface area (Å²) >= 11 is 0. The number of hydrogen-bond acceptors (Lipinski definition) is 7. The maximum Gasteiger partial charge on any atom is 0.522 e. The zero-order valence-electron chi connectivity index (χ0n) is 18.0. The van der Waals surface area contributed by atoms with E-state index in [1.807, 2.05) is 31.4 Å². The van der Waals surface area contributed by atoms with Gasteiger partial charge in [0.25, 0.3) is 0 Å². The molecule has 1 aromatic carbocycles. The Morgan fingerprint density at radius 2 is 1.94 bits per heavy atom. The van der Waals surface area contributed by atoms with E-state index >= 15 is 0 Å². The Balaban J connectivity index is 1.39. The van der Waals surface area contributed by atoms with Crippen LogP contribution in [0.15, 0.2) is 24.4 Å². The van der Waals surface area contributed by atoms with Gasteiger partial charge in [0.2, 0.25) is 11.8 Å². The van der Waals surface area contributed by atoms with Gasteiger partial charge in [-0.25, -0.2) is 4.68 Å². The number of methoxy groups -OCH3 is 1. The largest absolute Gasteiger partial charge is 0.522 e. The summed E-state index contributed by atoms with van der Waals surface area (Å²) in [4.78, 5) is 12.3. The van der Waals surface area contributed by atoms with Crippen LogP contribution in [0.3, 0.4) is 0 Å². The second-order valence-electron chi connectivity index (χ2n) is 8.08. The molecule has 0 amide bonds. The first kappa shape index (κ1) is 21.4. The van der Waals surface area contributed by atoms with E-state index in [4.69, 9.17) is 4.74 Å². The van der Waals surface area contributed by atoms with E-state index in [0.717, 1.165) is 27.5 Å². The van der Waals surface area contributed by atoms with Gasteiger partial charge in [0.15, 0.2) is 0 Å². The molecule has 3 aromatic heterocycles. The van der Waals surface area contributed by atoms with Gasteiger partial charge < -0.3 is 15.0 Å². The molecule has 0 unspecified atom stereocenters. The second-order valence-corrected chi connectivity index (χ2v) is 8.08. The number of aromatic nitrogens is 6. The molecule has 12 heteroatoms. The van der Waals surface area contributed by atoms with Gasteiger partial charge in [-0.15, -0.1) is 18.3 Å². The fourth-order valence-electron chi connectivity index (χ4n) is 4.33. The maximum absolute atomic E-state index is 12.4. The molecule has 1 aliphatic rings. The van der Waals surface area contributed by atoms with Gasteiger partial charge >= 0.3 is 6.36 Å². The van der Waals surface area contributed by atoms with Crippen molar-refractivity contribution < 1.29 is 22.6 Å². The molecule has 5 rings (SSSR count). The van der Waals surface area contributed by atoms with Crippen LogP contribution in [-0.4, -0.2) is 55.6 Å². The lowest BCUT2D eigenvalue weighted by molar-refractivity contribution is -0.345. The summed E-state index contributed by atoms with van der Waals surface area (Å²) in [6, 6.07) is 5.80. The number of anilines is 1. The minimum Gasteiger partial charge on any atom is -0.480 e. The molecule has 2 N–H and O–H groups in total. The quantitative estimate of drug-likeness (QED) is 0.460. The number of benzene rings is 1. The molecule has 0 saturated heterocycles. The summed E-state index contributed by atoms with van der Waals surface area (Å²) in [6.07, 6.45) is -1.88. The van der Waals surface area contributed by atoms with Gasteiger partial charge in [-0.3, -0.25) is 4.74 Å². The van der Waals surface area contributed by atoms with Gasteiger partial charge in [0, 0.05) is 24.8 Å². The zero-order chi connectivity index (χ0) is 23.2. The van der Waals surface area contributed by atoms with Crippen molar-refractivity contribution in [1.29, 1.82) is 0 Å². The van der Waals surface area contributed by atoms with Crippen LogP contribution in [-0.2, 0) is 11.8 Å². The standard InChI is InChI=1S/C21H22F3N7O2/c1-31-16-9-11(3-8-15(16)29-30-31)14-10-25-18-17(14)19(32-2)28-20(27-18)26-12-4-6-13(7-5-12)33-21(22,23)24/h3,8-10,12-13H,4-7H2,1-2H3,(H2,25,26,27,28). The lowest BCUT2D eigenvalue weighted by Crippen LogP contribution is -2.33. The van der Waals surface area contributed by atoms with Crippen LogP contribution in [0, 0.1) is 0 Å². The highest BCUT2D eigenvalue weighted by Crippen LogP contribution is 2.36. The summed E-state index contributed by atoms with van der Waals surface area (Å²) in [6.45, 7) is 0. The molecule has 9 nitrogen and oxygen atoms in total. The number of fused-ring (bicyclic) bond motifs is 2. The average molecular weight is 461 g/mol.